The molecule has 0 aromatic heterocycles. The summed E-state index contributed by atoms with van der Waals surface area (Å²) >= 11 is 0. The highest BCUT2D eigenvalue weighted by Gasteiger charge is 2.07. The minimum atomic E-state index is -0.886. The van der Waals surface area contributed by atoms with Crippen LogP contribution in [0, 0.1) is 30.4 Å². The first-order valence-electron chi connectivity index (χ1n) is 4.04. The summed E-state index contributed by atoms with van der Waals surface area (Å²) in [7, 11) is 0. The van der Waals surface area contributed by atoms with Gasteiger partial charge in [0, 0.05) is 11.1 Å². The number of rotatable bonds is 1. The predicted molar refractivity (Wildman–Crippen MR) is 48.7 cm³/mol. The third-order valence-corrected chi connectivity index (χ3v) is 1.75. The van der Waals surface area contributed by atoms with E-state index < -0.39 is 11.6 Å². The number of carbonyl (C=O) groups is 1. The van der Waals surface area contributed by atoms with Crippen molar-refractivity contribution in [2.45, 2.75) is 13.3 Å². The van der Waals surface area contributed by atoms with Gasteiger partial charge in [0.2, 0.25) is 0 Å². The molecule has 0 aliphatic rings. The third-order valence-electron chi connectivity index (χ3n) is 1.75. The fraction of sp³-hybridized carbons (Fsp3) is 0.182. The molecule has 0 spiro atoms. The van der Waals surface area contributed by atoms with Crippen LogP contribution in [0.5, 0.6) is 0 Å². The lowest BCUT2D eigenvalue weighted by Gasteiger charge is -1.99. The largest absolute Gasteiger partial charge is 0.302 e. The Labute approximate surface area is 80.7 Å². The molecule has 0 N–H and O–H groups in total. The Kier molecular flexibility index (Phi) is 3.35. The van der Waals surface area contributed by atoms with E-state index in [2.05, 4.69) is 11.8 Å². The van der Waals surface area contributed by atoms with E-state index in [1.165, 1.54) is 13.0 Å². The molecule has 0 fully saturated rings. The molecule has 14 heavy (non-hydrogen) atoms. The highest BCUT2D eigenvalue weighted by atomic mass is 19.2. The number of hydrogen-bond donors (Lipinski definition) is 0. The van der Waals surface area contributed by atoms with Crippen LogP contribution in [0.4, 0.5) is 8.78 Å². The molecule has 1 aromatic rings. The third kappa shape index (κ3) is 2.17. The zero-order valence-electron chi connectivity index (χ0n) is 7.60. The predicted octanol–water partition coefficient (Wildman–Crippen LogP) is 2.21. The highest BCUT2D eigenvalue weighted by Crippen LogP contribution is 2.14. The summed E-state index contributed by atoms with van der Waals surface area (Å²) in [5.74, 6) is 3.35. The minimum absolute atomic E-state index is 0.0957. The number of carbonyl (C=O) groups excluding carboxylic acids is 1. The molecule has 0 atom stereocenters. The van der Waals surface area contributed by atoms with Gasteiger partial charge in [0.1, 0.15) is 6.29 Å². The molecule has 0 heterocycles. The quantitative estimate of drug-likeness (QED) is 0.495. The Morgan fingerprint density at radius 1 is 1.43 bits per heavy atom. The minimum Gasteiger partial charge on any atom is -0.302 e. The van der Waals surface area contributed by atoms with Crippen molar-refractivity contribution in [1.82, 2.24) is 0 Å². The second-order valence-electron chi connectivity index (χ2n) is 2.71. The van der Waals surface area contributed by atoms with E-state index in [0.717, 1.165) is 6.07 Å². The molecule has 0 saturated carbocycles. The van der Waals surface area contributed by atoms with Gasteiger partial charge >= 0.3 is 0 Å². The first-order chi connectivity index (χ1) is 6.66. The number of aldehydes is 1. The Balaban J connectivity index is 3.07. The Morgan fingerprint density at radius 3 is 2.79 bits per heavy atom. The van der Waals surface area contributed by atoms with E-state index in [0.29, 0.717) is 11.8 Å². The monoisotopic (exact) mass is 194 g/mol. The van der Waals surface area contributed by atoms with E-state index >= 15 is 0 Å². The van der Waals surface area contributed by atoms with Gasteiger partial charge < -0.3 is 4.79 Å². The summed E-state index contributed by atoms with van der Waals surface area (Å²) in [6.45, 7) is 1.45. The van der Waals surface area contributed by atoms with Crippen LogP contribution in [0.3, 0.4) is 0 Å². The summed E-state index contributed by atoms with van der Waals surface area (Å²) in [5.41, 5.74) is 0.578. The maximum atomic E-state index is 13.0. The van der Waals surface area contributed by atoms with Crippen LogP contribution in [0.2, 0.25) is 0 Å². The van der Waals surface area contributed by atoms with E-state index in [4.69, 9.17) is 0 Å². The smallest absolute Gasteiger partial charge is 0.162 e. The van der Waals surface area contributed by atoms with Crippen LogP contribution >= 0.6 is 0 Å². The van der Waals surface area contributed by atoms with Crippen molar-refractivity contribution >= 4 is 6.29 Å². The summed E-state index contributed by atoms with van der Waals surface area (Å²) in [4.78, 5) is 9.96. The average molecular weight is 194 g/mol. The van der Waals surface area contributed by atoms with Crippen LogP contribution in [-0.4, -0.2) is 6.29 Å². The lowest BCUT2D eigenvalue weighted by molar-refractivity contribution is -0.107. The Morgan fingerprint density at radius 2 is 2.14 bits per heavy atom. The molecule has 0 bridgehead atoms. The zero-order chi connectivity index (χ0) is 10.6. The van der Waals surface area contributed by atoms with E-state index in [9.17, 15) is 13.6 Å². The van der Waals surface area contributed by atoms with Crippen molar-refractivity contribution in [3.8, 4) is 11.8 Å². The van der Waals surface area contributed by atoms with Gasteiger partial charge in [-0.1, -0.05) is 11.8 Å². The summed E-state index contributed by atoms with van der Waals surface area (Å²) in [6.07, 6.45) is 0.751. The Hall–Kier alpha value is -1.69. The van der Waals surface area contributed by atoms with Crippen molar-refractivity contribution in [3.63, 3.8) is 0 Å². The molecule has 1 aromatic carbocycles. The van der Waals surface area contributed by atoms with Gasteiger partial charge in [-0.25, -0.2) is 8.78 Å². The summed E-state index contributed by atoms with van der Waals surface area (Å²) in [6, 6.07) is 2.42. The molecular weight excluding hydrogens is 186 g/mol. The average Bonchev–Trinajstić information content (AvgIpc) is 2.18. The van der Waals surface area contributed by atoms with Crippen molar-refractivity contribution < 1.29 is 13.6 Å². The van der Waals surface area contributed by atoms with E-state index in [1.54, 1.807) is 0 Å². The van der Waals surface area contributed by atoms with Crippen LogP contribution in [-0.2, 0) is 4.79 Å². The van der Waals surface area contributed by atoms with Gasteiger partial charge in [-0.2, -0.15) is 0 Å². The SMILES string of the molecule is Cc1c(C#CCC=O)ccc(F)c1F. The second kappa shape index (κ2) is 4.52. The summed E-state index contributed by atoms with van der Waals surface area (Å²) in [5, 5.41) is 0. The Bertz CT molecular complexity index is 413. The lowest BCUT2D eigenvalue weighted by Crippen LogP contribution is -1.92. The maximum absolute atomic E-state index is 13.0. The number of benzene rings is 1. The van der Waals surface area contributed by atoms with Gasteiger partial charge in [0.25, 0.3) is 0 Å². The van der Waals surface area contributed by atoms with E-state index in [1.807, 2.05) is 0 Å². The first kappa shape index (κ1) is 10.4. The molecule has 0 radical (unpaired) electrons. The van der Waals surface area contributed by atoms with Crippen molar-refractivity contribution in [3.05, 3.63) is 34.9 Å². The molecule has 3 heteroatoms. The first-order valence-corrected chi connectivity index (χ1v) is 4.04. The topological polar surface area (TPSA) is 17.1 Å². The van der Waals surface area contributed by atoms with Crippen LogP contribution in [0.25, 0.3) is 0 Å². The number of halogens is 2. The maximum Gasteiger partial charge on any atom is 0.162 e. The van der Waals surface area contributed by atoms with Gasteiger partial charge in [-0.15, -0.1) is 0 Å². The van der Waals surface area contributed by atoms with Gasteiger partial charge in [-0.05, 0) is 19.1 Å². The normalized spacial score (nSPS) is 9.07. The molecule has 0 aliphatic carbocycles. The molecule has 1 nitrogen and oxygen atoms in total. The van der Waals surface area contributed by atoms with Crippen molar-refractivity contribution in [2.24, 2.45) is 0 Å². The zero-order valence-corrected chi connectivity index (χ0v) is 7.60. The van der Waals surface area contributed by atoms with Crippen LogP contribution < -0.4 is 0 Å². The van der Waals surface area contributed by atoms with Gasteiger partial charge in [0.15, 0.2) is 11.6 Å². The standard InChI is InChI=1S/C11H8F2O/c1-8-9(4-2-3-7-14)5-6-10(12)11(8)13/h5-7H,3H2,1H3. The van der Waals surface area contributed by atoms with Crippen molar-refractivity contribution in [2.75, 3.05) is 0 Å². The molecule has 0 saturated heterocycles. The van der Waals surface area contributed by atoms with Gasteiger partial charge in [0.05, 0.1) is 6.42 Å². The number of hydrogen-bond acceptors (Lipinski definition) is 1. The molecule has 0 aliphatic heterocycles. The molecule has 1 rings (SSSR count). The highest BCUT2D eigenvalue weighted by molar-refractivity contribution is 5.55. The fourth-order valence-corrected chi connectivity index (χ4v) is 0.975. The molecule has 72 valence electrons. The molecule has 0 unspecified atom stereocenters. The lowest BCUT2D eigenvalue weighted by atomic mass is 10.1. The van der Waals surface area contributed by atoms with Crippen LogP contribution in [0.15, 0.2) is 12.1 Å². The molecular formula is C11H8F2O. The second-order valence-corrected chi connectivity index (χ2v) is 2.71. The van der Waals surface area contributed by atoms with E-state index in [-0.39, 0.29) is 12.0 Å². The van der Waals surface area contributed by atoms with Crippen LogP contribution in [0.1, 0.15) is 17.5 Å². The van der Waals surface area contributed by atoms with Crippen molar-refractivity contribution in [1.29, 1.82) is 0 Å². The van der Waals surface area contributed by atoms with Gasteiger partial charge in [-0.3, -0.25) is 0 Å². The fourth-order valence-electron chi connectivity index (χ4n) is 0.975. The summed E-state index contributed by atoms with van der Waals surface area (Å²) < 4.78 is 25.7. The molecule has 0 amide bonds.